The summed E-state index contributed by atoms with van der Waals surface area (Å²) in [5, 5.41) is 0.167. The first-order valence-corrected chi connectivity index (χ1v) is 8.96. The number of hydrogen-bond acceptors (Lipinski definition) is 3. The largest absolute Gasteiger partial charge is 0.329 e. The Morgan fingerprint density at radius 2 is 1.78 bits per heavy atom. The van der Waals surface area contributed by atoms with Gasteiger partial charge < -0.3 is 5.73 Å². The topological polar surface area (TPSA) is 63.4 Å². The van der Waals surface area contributed by atoms with E-state index in [1.807, 2.05) is 30.3 Å². The molecular weight excluding hydrogens is 339 g/mol. The van der Waals surface area contributed by atoms with Crippen molar-refractivity contribution in [3.05, 3.63) is 64.9 Å². The van der Waals surface area contributed by atoms with Gasteiger partial charge in [0.05, 0.1) is 0 Å². The molecule has 2 N–H and O–H groups in total. The third-order valence-electron chi connectivity index (χ3n) is 3.38. The van der Waals surface area contributed by atoms with Crippen LogP contribution in [-0.2, 0) is 16.4 Å². The first-order valence-electron chi connectivity index (χ1n) is 7.14. The molecular formula is C16H18ClFN2O2S. The quantitative estimate of drug-likeness (QED) is 0.829. The highest BCUT2D eigenvalue weighted by atomic mass is 35.5. The second-order valence-corrected chi connectivity index (χ2v) is 7.35. The normalized spacial score (nSPS) is 11.8. The highest BCUT2D eigenvalue weighted by Gasteiger charge is 2.27. The molecule has 0 aliphatic heterocycles. The zero-order valence-electron chi connectivity index (χ0n) is 12.5. The number of rotatable bonds is 7. The average molecular weight is 357 g/mol. The SMILES string of the molecule is NCCN(CCc1ccccc1)S(=O)(=O)c1cc(Cl)ccc1F. The minimum atomic E-state index is -3.99. The molecule has 0 heterocycles. The van der Waals surface area contributed by atoms with Gasteiger partial charge in [0.2, 0.25) is 10.0 Å². The smallest absolute Gasteiger partial charge is 0.246 e. The highest BCUT2D eigenvalue weighted by molar-refractivity contribution is 7.89. The van der Waals surface area contributed by atoms with E-state index < -0.39 is 20.7 Å². The minimum absolute atomic E-state index is 0.112. The molecule has 0 radical (unpaired) electrons. The van der Waals surface area contributed by atoms with Crippen molar-refractivity contribution in [1.82, 2.24) is 4.31 Å². The average Bonchev–Trinajstić information content (AvgIpc) is 2.54. The molecule has 0 amide bonds. The zero-order chi connectivity index (χ0) is 16.9. The van der Waals surface area contributed by atoms with Crippen molar-refractivity contribution in [3.8, 4) is 0 Å². The van der Waals surface area contributed by atoms with Gasteiger partial charge in [-0.25, -0.2) is 12.8 Å². The van der Waals surface area contributed by atoms with Gasteiger partial charge in [0.25, 0.3) is 0 Å². The highest BCUT2D eigenvalue weighted by Crippen LogP contribution is 2.23. The number of nitrogens with zero attached hydrogens (tertiary/aromatic N) is 1. The van der Waals surface area contributed by atoms with Gasteiger partial charge in [0.1, 0.15) is 10.7 Å². The molecule has 124 valence electrons. The Hall–Kier alpha value is -1.47. The number of nitrogens with two attached hydrogens (primary N) is 1. The Bertz CT molecular complexity index is 754. The monoisotopic (exact) mass is 356 g/mol. The summed E-state index contributed by atoms with van der Waals surface area (Å²) in [6.45, 7) is 0.479. The Labute approximate surface area is 140 Å². The van der Waals surface area contributed by atoms with Crippen LogP contribution < -0.4 is 5.73 Å². The maximum Gasteiger partial charge on any atom is 0.246 e. The van der Waals surface area contributed by atoms with E-state index in [2.05, 4.69) is 0 Å². The van der Waals surface area contributed by atoms with Gasteiger partial charge in [-0.05, 0) is 30.2 Å². The van der Waals surface area contributed by atoms with Crippen molar-refractivity contribution >= 4 is 21.6 Å². The molecule has 4 nitrogen and oxygen atoms in total. The summed E-state index contributed by atoms with van der Waals surface area (Å²) < 4.78 is 40.5. The Morgan fingerprint density at radius 1 is 1.09 bits per heavy atom. The van der Waals surface area contributed by atoms with Gasteiger partial charge >= 0.3 is 0 Å². The lowest BCUT2D eigenvalue weighted by Gasteiger charge is -2.22. The lowest BCUT2D eigenvalue weighted by Crippen LogP contribution is -2.37. The Balaban J connectivity index is 2.26. The van der Waals surface area contributed by atoms with Crippen LogP contribution in [0.1, 0.15) is 5.56 Å². The molecule has 0 aliphatic rings. The summed E-state index contributed by atoms with van der Waals surface area (Å²) in [4.78, 5) is -0.425. The molecule has 2 aromatic carbocycles. The second-order valence-electron chi connectivity index (χ2n) is 5.00. The van der Waals surface area contributed by atoms with Gasteiger partial charge in [0.15, 0.2) is 0 Å². The van der Waals surface area contributed by atoms with Gasteiger partial charge in [-0.2, -0.15) is 4.31 Å². The van der Waals surface area contributed by atoms with E-state index in [1.165, 1.54) is 10.4 Å². The van der Waals surface area contributed by atoms with Crippen molar-refractivity contribution in [2.24, 2.45) is 5.73 Å². The molecule has 0 saturated carbocycles. The molecule has 0 saturated heterocycles. The zero-order valence-corrected chi connectivity index (χ0v) is 14.0. The van der Waals surface area contributed by atoms with Crippen LogP contribution in [0.4, 0.5) is 4.39 Å². The summed E-state index contributed by atoms with van der Waals surface area (Å²) in [6, 6.07) is 13.0. The van der Waals surface area contributed by atoms with Crippen molar-refractivity contribution < 1.29 is 12.8 Å². The fourth-order valence-corrected chi connectivity index (χ4v) is 3.99. The maximum absolute atomic E-state index is 13.9. The molecule has 23 heavy (non-hydrogen) atoms. The van der Waals surface area contributed by atoms with Crippen molar-refractivity contribution in [3.63, 3.8) is 0 Å². The molecule has 7 heteroatoms. The number of sulfonamides is 1. The standard InChI is InChI=1S/C16H18ClFN2O2S/c17-14-6-7-15(18)16(12-14)23(21,22)20(11-9-19)10-8-13-4-2-1-3-5-13/h1-7,12H,8-11,19H2. The maximum atomic E-state index is 13.9. The van der Waals surface area contributed by atoms with E-state index in [-0.39, 0.29) is 24.7 Å². The third-order valence-corrected chi connectivity index (χ3v) is 5.53. The van der Waals surface area contributed by atoms with E-state index >= 15 is 0 Å². The van der Waals surface area contributed by atoms with Crippen molar-refractivity contribution in [2.45, 2.75) is 11.3 Å². The van der Waals surface area contributed by atoms with Crippen molar-refractivity contribution in [2.75, 3.05) is 19.6 Å². The van der Waals surface area contributed by atoms with E-state index in [4.69, 9.17) is 17.3 Å². The van der Waals surface area contributed by atoms with Crippen LogP contribution in [0.5, 0.6) is 0 Å². The first kappa shape index (κ1) is 17.9. The van der Waals surface area contributed by atoms with Gasteiger partial charge in [-0.3, -0.25) is 0 Å². The van der Waals surface area contributed by atoms with Crippen LogP contribution in [0.3, 0.4) is 0 Å². The number of halogens is 2. The fourth-order valence-electron chi connectivity index (χ4n) is 2.21. The molecule has 0 spiro atoms. The van der Waals surface area contributed by atoms with E-state index in [0.717, 1.165) is 17.7 Å². The summed E-state index contributed by atoms with van der Waals surface area (Å²) >= 11 is 5.80. The van der Waals surface area contributed by atoms with E-state index in [9.17, 15) is 12.8 Å². The minimum Gasteiger partial charge on any atom is -0.329 e. The number of benzene rings is 2. The molecule has 0 aliphatic carbocycles. The molecule has 0 aromatic heterocycles. The predicted molar refractivity (Wildman–Crippen MR) is 89.4 cm³/mol. The van der Waals surface area contributed by atoms with Crippen LogP contribution in [0.15, 0.2) is 53.4 Å². The fraction of sp³-hybridized carbons (Fsp3) is 0.250. The summed E-state index contributed by atoms with van der Waals surface area (Å²) in [7, 11) is -3.99. The molecule has 2 rings (SSSR count). The summed E-state index contributed by atoms with van der Waals surface area (Å²) in [5.74, 6) is -0.823. The van der Waals surface area contributed by atoms with Crippen molar-refractivity contribution in [1.29, 1.82) is 0 Å². The first-order chi connectivity index (χ1) is 10.9. The molecule has 0 bridgehead atoms. The summed E-state index contributed by atoms with van der Waals surface area (Å²) in [5.41, 5.74) is 6.51. The van der Waals surface area contributed by atoms with Crippen LogP contribution in [0.2, 0.25) is 5.02 Å². The van der Waals surface area contributed by atoms with Crippen LogP contribution in [-0.4, -0.2) is 32.4 Å². The Kier molecular flexibility index (Phi) is 6.12. The predicted octanol–water partition coefficient (Wildman–Crippen LogP) is 2.67. The van der Waals surface area contributed by atoms with E-state index in [0.29, 0.717) is 6.42 Å². The van der Waals surface area contributed by atoms with Crippen LogP contribution in [0.25, 0.3) is 0 Å². The summed E-state index contributed by atoms with van der Waals surface area (Å²) in [6.07, 6.45) is 0.516. The van der Waals surface area contributed by atoms with Crippen LogP contribution >= 0.6 is 11.6 Å². The molecule has 0 fully saturated rings. The van der Waals surface area contributed by atoms with Crippen LogP contribution in [0, 0.1) is 5.82 Å². The lowest BCUT2D eigenvalue weighted by molar-refractivity contribution is 0.417. The van der Waals surface area contributed by atoms with Gasteiger partial charge in [0, 0.05) is 24.7 Å². The third kappa shape index (κ3) is 4.51. The number of hydrogen-bond donors (Lipinski definition) is 1. The molecule has 0 unspecified atom stereocenters. The van der Waals surface area contributed by atoms with E-state index in [1.54, 1.807) is 0 Å². The molecule has 0 atom stereocenters. The molecule has 2 aromatic rings. The van der Waals surface area contributed by atoms with Gasteiger partial charge in [-0.15, -0.1) is 0 Å². The lowest BCUT2D eigenvalue weighted by atomic mass is 10.1. The Morgan fingerprint density at radius 3 is 2.43 bits per heavy atom. The second kappa shape index (κ2) is 7.88. The van der Waals surface area contributed by atoms with Gasteiger partial charge in [-0.1, -0.05) is 41.9 Å².